The van der Waals surface area contributed by atoms with E-state index in [9.17, 15) is 14.8 Å². The van der Waals surface area contributed by atoms with Crippen molar-refractivity contribution in [3.63, 3.8) is 0 Å². The second-order valence-electron chi connectivity index (χ2n) is 13.0. The third-order valence-electron chi connectivity index (χ3n) is 9.87. The average molecular weight is 649 g/mol. The molecular weight excluding hydrogens is 614 g/mol. The zero-order chi connectivity index (χ0) is 32.9. The summed E-state index contributed by atoms with van der Waals surface area (Å²) in [6.07, 6.45) is 4.15. The SMILES string of the molecule is CN1CCCC1COc1nc(N2C[C@H]3CC[C@@H](C2)N3)c2cc(Oc3cccc(F)c3C#N)c(-c3cc(O)cc4ccccc34)c(F)c2n1. The van der Waals surface area contributed by atoms with Gasteiger partial charge in [0.2, 0.25) is 0 Å². The number of aromatic nitrogens is 2. The van der Waals surface area contributed by atoms with Crippen molar-refractivity contribution in [3.8, 4) is 40.5 Å². The number of nitriles is 1. The van der Waals surface area contributed by atoms with Gasteiger partial charge in [-0.25, -0.2) is 8.78 Å². The first-order valence-corrected chi connectivity index (χ1v) is 16.3. The molecule has 3 fully saturated rings. The minimum absolute atomic E-state index is 0.00857. The first kappa shape index (κ1) is 30.3. The van der Waals surface area contributed by atoms with Gasteiger partial charge in [0.15, 0.2) is 5.82 Å². The molecule has 4 heterocycles. The molecule has 0 saturated carbocycles. The molecule has 4 aromatic carbocycles. The van der Waals surface area contributed by atoms with Crippen molar-refractivity contribution in [2.24, 2.45) is 0 Å². The second kappa shape index (κ2) is 12.2. The van der Waals surface area contributed by atoms with Gasteiger partial charge in [0.1, 0.15) is 52.6 Å². The third-order valence-corrected chi connectivity index (χ3v) is 9.87. The number of phenols is 1. The van der Waals surface area contributed by atoms with Gasteiger partial charge in [0, 0.05) is 36.6 Å². The number of hydrogen-bond acceptors (Lipinski definition) is 9. The number of aromatic hydroxyl groups is 1. The maximum atomic E-state index is 17.4. The van der Waals surface area contributed by atoms with E-state index in [2.05, 4.69) is 27.1 Å². The number of nitrogens with one attached hydrogen (secondary N) is 1. The molecule has 0 amide bonds. The summed E-state index contributed by atoms with van der Waals surface area (Å²) in [5.41, 5.74) is 0.0929. The number of ether oxygens (including phenoxy) is 2. The predicted molar refractivity (Wildman–Crippen MR) is 179 cm³/mol. The van der Waals surface area contributed by atoms with Gasteiger partial charge in [0.05, 0.1) is 5.56 Å². The van der Waals surface area contributed by atoms with Gasteiger partial charge in [-0.15, -0.1) is 0 Å². The van der Waals surface area contributed by atoms with Crippen LogP contribution in [0.15, 0.2) is 60.7 Å². The number of hydrogen-bond donors (Lipinski definition) is 2. The van der Waals surface area contributed by atoms with E-state index in [-0.39, 0.29) is 58.0 Å². The number of likely N-dealkylation sites (tertiary alicyclic amines) is 1. The van der Waals surface area contributed by atoms with Crippen molar-refractivity contribution in [2.45, 2.75) is 43.8 Å². The van der Waals surface area contributed by atoms with Gasteiger partial charge in [-0.3, -0.25) is 0 Å². The molecule has 48 heavy (non-hydrogen) atoms. The van der Waals surface area contributed by atoms with Crippen molar-refractivity contribution < 1.29 is 23.4 Å². The van der Waals surface area contributed by atoms with Crippen LogP contribution in [0.3, 0.4) is 0 Å². The second-order valence-corrected chi connectivity index (χ2v) is 13.0. The fourth-order valence-electron chi connectivity index (χ4n) is 7.45. The molecule has 3 saturated heterocycles. The molecule has 2 bridgehead atoms. The molecule has 3 aliphatic rings. The maximum absolute atomic E-state index is 17.4. The Morgan fingerprint density at radius 3 is 2.56 bits per heavy atom. The Kier molecular flexibility index (Phi) is 7.70. The van der Waals surface area contributed by atoms with Crippen molar-refractivity contribution in [2.75, 3.05) is 38.2 Å². The van der Waals surface area contributed by atoms with Crippen LogP contribution in [0.5, 0.6) is 23.3 Å². The Morgan fingerprint density at radius 1 is 0.979 bits per heavy atom. The number of fused-ring (bicyclic) bond motifs is 4. The molecule has 0 aliphatic carbocycles. The highest BCUT2D eigenvalue weighted by molar-refractivity contribution is 6.03. The predicted octanol–water partition coefficient (Wildman–Crippen LogP) is 6.51. The molecule has 2 N–H and O–H groups in total. The van der Waals surface area contributed by atoms with Crippen LogP contribution in [0.4, 0.5) is 14.6 Å². The molecule has 3 atom stereocenters. The van der Waals surface area contributed by atoms with Crippen LogP contribution >= 0.6 is 0 Å². The van der Waals surface area contributed by atoms with Crippen LogP contribution in [-0.2, 0) is 0 Å². The van der Waals surface area contributed by atoms with Gasteiger partial charge in [0.25, 0.3) is 0 Å². The summed E-state index contributed by atoms with van der Waals surface area (Å²) in [5.74, 6) is -1.05. The molecule has 9 nitrogen and oxygen atoms in total. The summed E-state index contributed by atoms with van der Waals surface area (Å²) < 4.78 is 44.7. The quantitative estimate of drug-likeness (QED) is 0.204. The summed E-state index contributed by atoms with van der Waals surface area (Å²) in [7, 11) is 2.06. The highest BCUT2D eigenvalue weighted by Crippen LogP contribution is 2.46. The minimum Gasteiger partial charge on any atom is -0.508 e. The van der Waals surface area contributed by atoms with Gasteiger partial charge in [-0.1, -0.05) is 30.3 Å². The number of nitrogens with zero attached hydrogens (tertiary/aromatic N) is 5. The van der Waals surface area contributed by atoms with E-state index in [0.717, 1.165) is 32.2 Å². The third kappa shape index (κ3) is 5.41. The zero-order valence-electron chi connectivity index (χ0n) is 26.4. The van der Waals surface area contributed by atoms with Crippen molar-refractivity contribution >= 4 is 27.5 Å². The molecule has 5 aromatic rings. The number of anilines is 1. The van der Waals surface area contributed by atoms with E-state index < -0.39 is 11.6 Å². The summed E-state index contributed by atoms with van der Waals surface area (Å²) >= 11 is 0. The van der Waals surface area contributed by atoms with Crippen LogP contribution in [-0.4, -0.2) is 71.4 Å². The number of benzene rings is 4. The smallest absolute Gasteiger partial charge is 0.319 e. The van der Waals surface area contributed by atoms with Crippen LogP contribution < -0.4 is 19.7 Å². The van der Waals surface area contributed by atoms with Crippen molar-refractivity contribution in [1.82, 2.24) is 20.2 Å². The molecule has 11 heteroatoms. The summed E-state index contributed by atoms with van der Waals surface area (Å²) in [4.78, 5) is 13.9. The van der Waals surface area contributed by atoms with E-state index in [1.807, 2.05) is 30.3 Å². The maximum Gasteiger partial charge on any atom is 0.319 e. The monoisotopic (exact) mass is 648 g/mol. The Balaban J connectivity index is 1.36. The molecule has 1 aromatic heterocycles. The van der Waals surface area contributed by atoms with E-state index in [1.165, 1.54) is 24.3 Å². The first-order chi connectivity index (χ1) is 23.4. The van der Waals surface area contributed by atoms with Gasteiger partial charge in [-0.05, 0) is 85.9 Å². The molecular formula is C37H34F2N6O3. The highest BCUT2D eigenvalue weighted by Gasteiger charge is 2.35. The van der Waals surface area contributed by atoms with Crippen LogP contribution in [0.2, 0.25) is 0 Å². The first-order valence-electron chi connectivity index (χ1n) is 16.3. The van der Waals surface area contributed by atoms with E-state index in [4.69, 9.17) is 14.5 Å². The Hall–Kier alpha value is -5.05. The molecule has 3 aliphatic heterocycles. The molecule has 1 unspecified atom stereocenters. The minimum atomic E-state index is -0.754. The number of rotatable bonds is 7. The standard InChI is InChI=1S/C37H34F2N6O3/c1-44-13-5-7-24(44)20-47-37-42-35-28(36(43-37)45-18-22-11-12-23(19-45)41-22)16-32(48-31-10-4-9-30(38)29(31)17-40)33(34(35)39)27-15-25(46)14-21-6-2-3-8-26(21)27/h2-4,6,8-10,14-16,22-24,41,46H,5,7,11-13,18-20H2,1H3/t22-,23+,24?. The summed E-state index contributed by atoms with van der Waals surface area (Å²) in [6.45, 7) is 2.70. The number of piperazine rings is 1. The lowest BCUT2D eigenvalue weighted by molar-refractivity contribution is 0.188. The van der Waals surface area contributed by atoms with Crippen molar-refractivity contribution in [3.05, 3.63) is 77.9 Å². The van der Waals surface area contributed by atoms with Gasteiger partial charge in [-0.2, -0.15) is 15.2 Å². The Labute approximate surface area is 276 Å². The van der Waals surface area contributed by atoms with Crippen molar-refractivity contribution in [1.29, 1.82) is 5.26 Å². The topological polar surface area (TPSA) is 107 Å². The number of phenolic OH excluding ortho intramolecular Hbond substituents is 1. The van der Waals surface area contributed by atoms with Crippen LogP contribution in [0.1, 0.15) is 31.2 Å². The lowest BCUT2D eigenvalue weighted by Crippen LogP contribution is -2.51. The van der Waals surface area contributed by atoms with Crippen LogP contribution in [0, 0.1) is 23.0 Å². The summed E-state index contributed by atoms with van der Waals surface area (Å²) in [5, 5.41) is 25.9. The van der Waals surface area contributed by atoms with Crippen LogP contribution in [0.25, 0.3) is 32.8 Å². The average Bonchev–Trinajstić information content (AvgIpc) is 3.66. The molecule has 244 valence electrons. The Bertz CT molecular complexity index is 2090. The lowest BCUT2D eigenvalue weighted by Gasteiger charge is -2.34. The normalized spacial score (nSPS) is 20.8. The fraction of sp³-hybridized carbons (Fsp3) is 0.324. The molecule has 0 spiro atoms. The fourth-order valence-corrected chi connectivity index (χ4v) is 7.45. The van der Waals surface area contributed by atoms with Gasteiger partial charge >= 0.3 is 6.01 Å². The lowest BCUT2D eigenvalue weighted by atomic mass is 9.95. The number of likely N-dealkylation sites (N-methyl/N-ethyl adjacent to an activating group) is 1. The number of halogens is 2. The van der Waals surface area contributed by atoms with Gasteiger partial charge < -0.3 is 29.7 Å². The largest absolute Gasteiger partial charge is 0.508 e. The summed E-state index contributed by atoms with van der Waals surface area (Å²) in [6, 6.07) is 18.8. The Morgan fingerprint density at radius 2 is 1.79 bits per heavy atom. The molecule has 0 radical (unpaired) electrons. The molecule has 8 rings (SSSR count). The van der Waals surface area contributed by atoms with E-state index in [1.54, 1.807) is 12.1 Å². The van der Waals surface area contributed by atoms with E-state index >= 15 is 4.39 Å². The highest BCUT2D eigenvalue weighted by atomic mass is 19.1. The van der Waals surface area contributed by atoms with E-state index in [0.29, 0.717) is 47.2 Å². The zero-order valence-corrected chi connectivity index (χ0v) is 26.4.